The third kappa shape index (κ3) is 2.77. The lowest BCUT2D eigenvalue weighted by atomic mass is 10.2. The summed E-state index contributed by atoms with van der Waals surface area (Å²) in [6.07, 6.45) is 1.36. The summed E-state index contributed by atoms with van der Waals surface area (Å²) in [6, 6.07) is 0. The summed E-state index contributed by atoms with van der Waals surface area (Å²) in [5.74, 6) is 5.84. The molecule has 1 aliphatic rings. The Balaban J connectivity index is 2.19. The number of hydrogen-bond acceptors (Lipinski definition) is 3. The number of rotatable bonds is 3. The van der Waals surface area contributed by atoms with E-state index in [1.165, 1.54) is 6.54 Å². The van der Waals surface area contributed by atoms with Crippen LogP contribution in [0.15, 0.2) is 0 Å². The number of nitrogens with two attached hydrogens (primary N) is 1. The molecule has 0 aromatic rings. The third-order valence-electron chi connectivity index (χ3n) is 2.04. The lowest BCUT2D eigenvalue weighted by Crippen LogP contribution is -2.28. The van der Waals surface area contributed by atoms with E-state index in [0.29, 0.717) is 0 Å². The molecule has 1 aliphatic heterocycles. The first-order valence-corrected chi connectivity index (χ1v) is 4.30. The highest BCUT2D eigenvalue weighted by atomic mass is 16.6. The molecule has 0 amide bonds. The van der Waals surface area contributed by atoms with Crippen LogP contribution < -0.4 is 5.90 Å². The van der Waals surface area contributed by atoms with Crippen molar-refractivity contribution in [1.29, 1.82) is 0 Å². The molecule has 1 heterocycles. The van der Waals surface area contributed by atoms with Gasteiger partial charge in [0.05, 0.1) is 6.10 Å². The van der Waals surface area contributed by atoms with Gasteiger partial charge in [-0.1, -0.05) is 13.8 Å². The quantitative estimate of drug-likeness (QED) is 0.611. The third-order valence-corrected chi connectivity index (χ3v) is 2.04. The van der Waals surface area contributed by atoms with E-state index >= 15 is 0 Å². The standard InChI is InChI=1S/C8H18N2O/c1-7(2)5-10-4-3-8(6-10)11-9/h7-8H,3-6,9H2,1-2H3. The minimum Gasteiger partial charge on any atom is -0.300 e. The Morgan fingerprint density at radius 2 is 2.36 bits per heavy atom. The van der Waals surface area contributed by atoms with E-state index in [-0.39, 0.29) is 6.10 Å². The molecular formula is C8H18N2O. The lowest BCUT2D eigenvalue weighted by molar-refractivity contribution is 0.0586. The summed E-state index contributed by atoms with van der Waals surface area (Å²) in [5.41, 5.74) is 0. The summed E-state index contributed by atoms with van der Waals surface area (Å²) in [5, 5.41) is 0. The van der Waals surface area contributed by atoms with Crippen LogP contribution in [0.3, 0.4) is 0 Å². The van der Waals surface area contributed by atoms with E-state index in [1.807, 2.05) is 0 Å². The van der Waals surface area contributed by atoms with E-state index < -0.39 is 0 Å². The van der Waals surface area contributed by atoms with Crippen LogP contribution in [-0.2, 0) is 4.84 Å². The van der Waals surface area contributed by atoms with Gasteiger partial charge in [-0.2, -0.15) is 0 Å². The van der Waals surface area contributed by atoms with Crippen molar-refractivity contribution in [3.63, 3.8) is 0 Å². The average molecular weight is 158 g/mol. The number of nitrogens with zero attached hydrogens (tertiary/aromatic N) is 1. The minimum absolute atomic E-state index is 0.272. The summed E-state index contributed by atoms with van der Waals surface area (Å²) in [6.45, 7) is 7.78. The molecule has 1 atom stereocenters. The van der Waals surface area contributed by atoms with Crippen molar-refractivity contribution >= 4 is 0 Å². The van der Waals surface area contributed by atoms with Crippen molar-refractivity contribution in [1.82, 2.24) is 4.90 Å². The van der Waals surface area contributed by atoms with E-state index in [1.54, 1.807) is 0 Å². The zero-order chi connectivity index (χ0) is 8.27. The van der Waals surface area contributed by atoms with E-state index in [4.69, 9.17) is 10.7 Å². The Bertz CT molecular complexity index is 117. The molecule has 3 heteroatoms. The Morgan fingerprint density at radius 3 is 2.82 bits per heavy atom. The molecule has 0 aromatic carbocycles. The van der Waals surface area contributed by atoms with Crippen molar-refractivity contribution in [3.8, 4) is 0 Å². The predicted molar refractivity (Wildman–Crippen MR) is 45.0 cm³/mol. The minimum atomic E-state index is 0.272. The van der Waals surface area contributed by atoms with Crippen molar-refractivity contribution in [2.24, 2.45) is 11.8 Å². The molecule has 1 unspecified atom stereocenters. The smallest absolute Gasteiger partial charge is 0.0926 e. The maximum absolute atomic E-state index is 5.10. The number of hydrogen-bond donors (Lipinski definition) is 1. The van der Waals surface area contributed by atoms with Gasteiger partial charge in [0.25, 0.3) is 0 Å². The van der Waals surface area contributed by atoms with Gasteiger partial charge in [-0.3, -0.25) is 4.84 Å². The summed E-state index contributed by atoms with van der Waals surface area (Å²) in [4.78, 5) is 7.19. The van der Waals surface area contributed by atoms with Gasteiger partial charge in [0, 0.05) is 19.6 Å². The highest BCUT2D eigenvalue weighted by molar-refractivity contribution is 4.75. The molecule has 0 aliphatic carbocycles. The molecule has 1 saturated heterocycles. The van der Waals surface area contributed by atoms with Crippen LogP contribution in [0.2, 0.25) is 0 Å². The first kappa shape index (κ1) is 8.97. The zero-order valence-corrected chi connectivity index (χ0v) is 7.42. The highest BCUT2D eigenvalue weighted by Gasteiger charge is 2.22. The van der Waals surface area contributed by atoms with Crippen LogP contribution >= 0.6 is 0 Å². The average Bonchev–Trinajstić information content (AvgIpc) is 2.34. The Hall–Kier alpha value is -0.120. The molecule has 0 radical (unpaired) electrons. The largest absolute Gasteiger partial charge is 0.300 e. The fourth-order valence-corrected chi connectivity index (χ4v) is 1.59. The van der Waals surface area contributed by atoms with E-state index in [2.05, 4.69) is 18.7 Å². The summed E-state index contributed by atoms with van der Waals surface area (Å²) >= 11 is 0. The molecule has 0 bridgehead atoms. The van der Waals surface area contributed by atoms with Gasteiger partial charge in [-0.05, 0) is 12.3 Å². The van der Waals surface area contributed by atoms with Gasteiger partial charge in [0.1, 0.15) is 0 Å². The van der Waals surface area contributed by atoms with Crippen LogP contribution in [0.5, 0.6) is 0 Å². The monoisotopic (exact) mass is 158 g/mol. The molecule has 3 nitrogen and oxygen atoms in total. The normalized spacial score (nSPS) is 26.7. The molecule has 66 valence electrons. The topological polar surface area (TPSA) is 38.5 Å². The first-order chi connectivity index (χ1) is 5.22. The number of likely N-dealkylation sites (tertiary alicyclic amines) is 1. The van der Waals surface area contributed by atoms with Crippen molar-refractivity contribution in [2.75, 3.05) is 19.6 Å². The Morgan fingerprint density at radius 1 is 1.64 bits per heavy atom. The zero-order valence-electron chi connectivity index (χ0n) is 7.42. The van der Waals surface area contributed by atoms with Gasteiger partial charge in [0.2, 0.25) is 0 Å². The van der Waals surface area contributed by atoms with Gasteiger partial charge in [0.15, 0.2) is 0 Å². The second-order valence-electron chi connectivity index (χ2n) is 3.70. The van der Waals surface area contributed by atoms with E-state index in [0.717, 1.165) is 25.4 Å². The molecular weight excluding hydrogens is 140 g/mol. The van der Waals surface area contributed by atoms with Crippen LogP contribution in [0, 0.1) is 5.92 Å². The SMILES string of the molecule is CC(C)CN1CCC(ON)C1. The molecule has 0 aromatic heterocycles. The molecule has 2 N–H and O–H groups in total. The Labute approximate surface area is 68.5 Å². The first-order valence-electron chi connectivity index (χ1n) is 4.30. The fraction of sp³-hybridized carbons (Fsp3) is 1.00. The summed E-state index contributed by atoms with van der Waals surface area (Å²) in [7, 11) is 0. The lowest BCUT2D eigenvalue weighted by Gasteiger charge is -2.17. The Kier molecular flexibility index (Phi) is 3.30. The van der Waals surface area contributed by atoms with Crippen LogP contribution in [0.4, 0.5) is 0 Å². The fourth-order valence-electron chi connectivity index (χ4n) is 1.59. The molecule has 0 spiro atoms. The van der Waals surface area contributed by atoms with Gasteiger partial charge in [-0.15, -0.1) is 0 Å². The predicted octanol–water partition coefficient (Wildman–Crippen LogP) is 0.607. The van der Waals surface area contributed by atoms with Crippen molar-refractivity contribution in [3.05, 3.63) is 0 Å². The maximum Gasteiger partial charge on any atom is 0.0926 e. The second-order valence-corrected chi connectivity index (χ2v) is 3.70. The van der Waals surface area contributed by atoms with Gasteiger partial charge >= 0.3 is 0 Å². The summed E-state index contributed by atoms with van der Waals surface area (Å²) < 4.78 is 0. The molecule has 11 heavy (non-hydrogen) atoms. The molecule has 1 rings (SSSR count). The van der Waals surface area contributed by atoms with Crippen LogP contribution in [0.1, 0.15) is 20.3 Å². The van der Waals surface area contributed by atoms with Gasteiger partial charge in [-0.25, -0.2) is 5.90 Å². The second kappa shape index (κ2) is 4.04. The van der Waals surface area contributed by atoms with Crippen LogP contribution in [-0.4, -0.2) is 30.6 Å². The maximum atomic E-state index is 5.10. The molecule has 0 saturated carbocycles. The van der Waals surface area contributed by atoms with Gasteiger partial charge < -0.3 is 4.90 Å². The van der Waals surface area contributed by atoms with Crippen molar-refractivity contribution < 1.29 is 4.84 Å². The highest BCUT2D eigenvalue weighted by Crippen LogP contribution is 2.12. The molecule has 1 fully saturated rings. The van der Waals surface area contributed by atoms with Crippen LogP contribution in [0.25, 0.3) is 0 Å². The van der Waals surface area contributed by atoms with E-state index in [9.17, 15) is 0 Å². The van der Waals surface area contributed by atoms with Crippen molar-refractivity contribution in [2.45, 2.75) is 26.4 Å².